The van der Waals surface area contributed by atoms with Gasteiger partial charge in [0.05, 0.1) is 12.7 Å². The van der Waals surface area contributed by atoms with Gasteiger partial charge in [0.1, 0.15) is 23.9 Å². The van der Waals surface area contributed by atoms with Gasteiger partial charge in [-0.1, -0.05) is 12.1 Å². The molecule has 1 unspecified atom stereocenters. The Morgan fingerprint density at radius 2 is 1.90 bits per heavy atom. The molecule has 0 spiro atoms. The number of phenolic OH excluding ortho intramolecular Hbond substituents is 1. The number of carbonyl (C=O) groups is 1. The van der Waals surface area contributed by atoms with Gasteiger partial charge in [0.2, 0.25) is 5.78 Å². The first-order valence-corrected chi connectivity index (χ1v) is 6.42. The number of fused-ring (bicyclic) bond motifs is 1. The molecule has 0 aromatic heterocycles. The van der Waals surface area contributed by atoms with Crippen molar-refractivity contribution in [2.24, 2.45) is 0 Å². The van der Waals surface area contributed by atoms with Crippen LogP contribution in [0, 0.1) is 0 Å². The molecule has 0 saturated heterocycles. The molecular formula is C16H14O5. The molecule has 2 aromatic carbocycles. The van der Waals surface area contributed by atoms with Crippen LogP contribution in [0.2, 0.25) is 0 Å². The highest BCUT2D eigenvalue weighted by atomic mass is 16.5. The van der Waals surface area contributed by atoms with Crippen LogP contribution in [0.15, 0.2) is 42.5 Å². The van der Waals surface area contributed by atoms with E-state index in [1.165, 1.54) is 18.2 Å². The maximum absolute atomic E-state index is 12.6. The van der Waals surface area contributed by atoms with E-state index in [1.807, 2.05) is 0 Å². The Morgan fingerprint density at radius 3 is 2.57 bits per heavy atom. The maximum atomic E-state index is 12.6. The van der Waals surface area contributed by atoms with Gasteiger partial charge < -0.3 is 19.7 Å². The van der Waals surface area contributed by atoms with Crippen LogP contribution in [0.5, 0.6) is 17.2 Å². The molecule has 2 aromatic rings. The number of phenols is 1. The Morgan fingerprint density at radius 1 is 1.19 bits per heavy atom. The molecule has 1 aliphatic rings. The maximum Gasteiger partial charge on any atom is 0.206 e. The van der Waals surface area contributed by atoms with Gasteiger partial charge in [-0.2, -0.15) is 0 Å². The highest BCUT2D eigenvalue weighted by Crippen LogP contribution is 2.37. The zero-order chi connectivity index (χ0) is 15.0. The number of rotatable bonds is 2. The topological polar surface area (TPSA) is 76.0 Å². The van der Waals surface area contributed by atoms with Crippen LogP contribution in [0.25, 0.3) is 0 Å². The Kier molecular flexibility index (Phi) is 3.07. The molecular weight excluding hydrogens is 272 g/mol. The number of hydrogen-bond donors (Lipinski definition) is 2. The highest BCUT2D eigenvalue weighted by molar-refractivity contribution is 6.06. The molecule has 5 nitrogen and oxygen atoms in total. The summed E-state index contributed by atoms with van der Waals surface area (Å²) in [7, 11) is 1.54. The summed E-state index contributed by atoms with van der Waals surface area (Å²) >= 11 is 0. The van der Waals surface area contributed by atoms with E-state index >= 15 is 0 Å². The van der Waals surface area contributed by atoms with E-state index in [1.54, 1.807) is 31.4 Å². The molecule has 0 bridgehead atoms. The Balaban J connectivity index is 2.02. The lowest BCUT2D eigenvalue weighted by atomic mass is 9.84. The van der Waals surface area contributed by atoms with Crippen LogP contribution in [0.3, 0.4) is 0 Å². The van der Waals surface area contributed by atoms with E-state index in [4.69, 9.17) is 9.47 Å². The van der Waals surface area contributed by atoms with Gasteiger partial charge in [0, 0.05) is 6.07 Å². The average Bonchev–Trinajstić information content (AvgIpc) is 2.51. The fraction of sp³-hybridized carbons (Fsp3) is 0.188. The van der Waals surface area contributed by atoms with Crippen molar-refractivity contribution in [2.45, 2.75) is 5.60 Å². The van der Waals surface area contributed by atoms with Crippen molar-refractivity contribution in [3.05, 3.63) is 53.6 Å². The lowest BCUT2D eigenvalue weighted by molar-refractivity contribution is -0.00512. The van der Waals surface area contributed by atoms with Crippen LogP contribution in [-0.2, 0) is 5.60 Å². The number of hydrogen-bond acceptors (Lipinski definition) is 5. The summed E-state index contributed by atoms with van der Waals surface area (Å²) in [6, 6.07) is 10.8. The third-order valence-electron chi connectivity index (χ3n) is 3.59. The highest BCUT2D eigenvalue weighted by Gasteiger charge is 2.44. The van der Waals surface area contributed by atoms with E-state index in [-0.39, 0.29) is 23.7 Å². The molecule has 3 rings (SSSR count). The molecule has 0 radical (unpaired) electrons. The molecule has 5 heteroatoms. The van der Waals surface area contributed by atoms with Crippen LogP contribution in [0.1, 0.15) is 15.9 Å². The zero-order valence-electron chi connectivity index (χ0n) is 11.4. The number of benzene rings is 2. The first-order chi connectivity index (χ1) is 10.0. The van der Waals surface area contributed by atoms with Crippen molar-refractivity contribution < 1.29 is 24.5 Å². The molecule has 108 valence electrons. The normalized spacial score (nSPS) is 20.6. The standard InChI is InChI=1S/C16H14O5/c1-20-12-5-2-10(3-6-12)16(19)9-21-14-8-11(17)4-7-13(14)15(16)18/h2-8,17,19H,9H2,1H3. The minimum Gasteiger partial charge on any atom is -0.508 e. The lowest BCUT2D eigenvalue weighted by Gasteiger charge is -2.32. The van der Waals surface area contributed by atoms with E-state index in [0.717, 1.165) is 0 Å². The molecule has 1 aliphatic heterocycles. The van der Waals surface area contributed by atoms with E-state index in [2.05, 4.69) is 0 Å². The third kappa shape index (κ3) is 2.11. The molecule has 1 heterocycles. The van der Waals surface area contributed by atoms with Crippen molar-refractivity contribution in [1.29, 1.82) is 0 Å². The summed E-state index contributed by atoms with van der Waals surface area (Å²) in [5.74, 6) is 0.473. The van der Waals surface area contributed by atoms with Gasteiger partial charge in [0.25, 0.3) is 0 Å². The molecule has 0 aliphatic carbocycles. The second-order valence-corrected chi connectivity index (χ2v) is 4.89. The van der Waals surface area contributed by atoms with Crippen molar-refractivity contribution in [2.75, 3.05) is 13.7 Å². The second kappa shape index (κ2) is 4.79. The number of aromatic hydroxyl groups is 1. The van der Waals surface area contributed by atoms with Crippen molar-refractivity contribution in [1.82, 2.24) is 0 Å². The van der Waals surface area contributed by atoms with Crippen molar-refractivity contribution in [3.8, 4) is 17.2 Å². The quantitative estimate of drug-likeness (QED) is 0.881. The smallest absolute Gasteiger partial charge is 0.206 e. The fourth-order valence-electron chi connectivity index (χ4n) is 2.37. The summed E-state index contributed by atoms with van der Waals surface area (Å²) < 4.78 is 10.5. The minimum absolute atomic E-state index is 0.0106. The van der Waals surface area contributed by atoms with E-state index < -0.39 is 11.4 Å². The van der Waals surface area contributed by atoms with Crippen molar-refractivity contribution >= 4 is 5.78 Å². The second-order valence-electron chi connectivity index (χ2n) is 4.89. The molecule has 0 fully saturated rings. The van der Waals surface area contributed by atoms with Gasteiger partial charge in [-0.3, -0.25) is 4.79 Å². The largest absolute Gasteiger partial charge is 0.508 e. The molecule has 1 atom stereocenters. The lowest BCUT2D eigenvalue weighted by Crippen LogP contribution is -2.44. The van der Waals surface area contributed by atoms with Crippen LogP contribution >= 0.6 is 0 Å². The number of ketones is 1. The zero-order valence-corrected chi connectivity index (χ0v) is 11.4. The van der Waals surface area contributed by atoms with Crippen LogP contribution in [0.4, 0.5) is 0 Å². The van der Waals surface area contributed by atoms with Gasteiger partial charge >= 0.3 is 0 Å². The predicted octanol–water partition coefficient (Wildman–Crippen LogP) is 1.86. The average molecular weight is 286 g/mol. The minimum atomic E-state index is -1.74. The number of ether oxygens (including phenoxy) is 2. The predicted molar refractivity (Wildman–Crippen MR) is 74.8 cm³/mol. The summed E-state index contributed by atoms with van der Waals surface area (Å²) in [5.41, 5.74) is -1.06. The molecule has 21 heavy (non-hydrogen) atoms. The Bertz CT molecular complexity index is 692. The van der Waals surface area contributed by atoms with E-state index in [0.29, 0.717) is 11.3 Å². The Labute approximate surface area is 121 Å². The van der Waals surface area contributed by atoms with Gasteiger partial charge in [-0.15, -0.1) is 0 Å². The van der Waals surface area contributed by atoms with Gasteiger partial charge in [-0.25, -0.2) is 0 Å². The number of carbonyl (C=O) groups excluding carboxylic acids is 1. The first-order valence-electron chi connectivity index (χ1n) is 6.42. The summed E-state index contributed by atoms with van der Waals surface area (Å²) in [6.45, 7) is -0.200. The van der Waals surface area contributed by atoms with E-state index in [9.17, 15) is 15.0 Å². The van der Waals surface area contributed by atoms with Gasteiger partial charge in [-0.05, 0) is 29.8 Å². The molecule has 0 amide bonds. The fourth-order valence-corrected chi connectivity index (χ4v) is 2.37. The summed E-state index contributed by atoms with van der Waals surface area (Å²) in [6.07, 6.45) is 0. The van der Waals surface area contributed by atoms with Crippen LogP contribution < -0.4 is 9.47 Å². The monoisotopic (exact) mass is 286 g/mol. The van der Waals surface area contributed by atoms with Crippen LogP contribution in [-0.4, -0.2) is 29.7 Å². The van der Waals surface area contributed by atoms with Crippen molar-refractivity contribution in [3.63, 3.8) is 0 Å². The number of methoxy groups -OCH3 is 1. The summed E-state index contributed by atoms with van der Waals surface area (Å²) in [5, 5.41) is 20.1. The third-order valence-corrected chi connectivity index (χ3v) is 3.59. The SMILES string of the molecule is COc1ccc(C2(O)COc3cc(O)ccc3C2=O)cc1. The molecule has 2 N–H and O–H groups in total. The molecule has 0 saturated carbocycles. The van der Waals surface area contributed by atoms with Gasteiger partial charge in [0.15, 0.2) is 5.60 Å². The number of Topliss-reactive ketones (excluding diaryl/α,β-unsaturated/α-hetero) is 1. The number of aliphatic hydroxyl groups is 1. The summed E-state index contributed by atoms with van der Waals surface area (Å²) in [4.78, 5) is 12.6. The Hall–Kier alpha value is -2.53. The first kappa shape index (κ1) is 13.5.